The van der Waals surface area contributed by atoms with Crippen molar-refractivity contribution in [2.24, 2.45) is 0 Å². The first-order valence-corrected chi connectivity index (χ1v) is 11.8. The lowest BCUT2D eigenvalue weighted by Gasteiger charge is -2.35. The van der Waals surface area contributed by atoms with Crippen molar-refractivity contribution < 1.29 is 22.7 Å². The van der Waals surface area contributed by atoms with E-state index in [1.54, 1.807) is 30.2 Å². The van der Waals surface area contributed by atoms with Crippen LogP contribution in [0.15, 0.2) is 47.4 Å². The molecule has 0 radical (unpaired) electrons. The monoisotopic (exact) mass is 445 g/mol. The molecule has 31 heavy (non-hydrogen) atoms. The third kappa shape index (κ3) is 4.20. The van der Waals surface area contributed by atoms with Crippen LogP contribution in [0, 0.1) is 0 Å². The molecule has 2 aromatic carbocycles. The van der Waals surface area contributed by atoms with E-state index in [1.165, 1.54) is 11.4 Å². The maximum atomic E-state index is 13.3. The van der Waals surface area contributed by atoms with Crippen LogP contribution in [0.5, 0.6) is 11.5 Å². The molecule has 2 aliphatic heterocycles. The molecule has 9 heteroatoms. The Morgan fingerprint density at radius 3 is 2.16 bits per heavy atom. The lowest BCUT2D eigenvalue weighted by Crippen LogP contribution is -2.48. The quantitative estimate of drug-likeness (QED) is 0.679. The third-order valence-corrected chi connectivity index (χ3v) is 7.72. The van der Waals surface area contributed by atoms with E-state index >= 15 is 0 Å². The van der Waals surface area contributed by atoms with E-state index in [0.29, 0.717) is 50.6 Å². The van der Waals surface area contributed by atoms with Gasteiger partial charge in [0.15, 0.2) is 0 Å². The summed E-state index contributed by atoms with van der Waals surface area (Å²) in [6.45, 7) is 2.54. The number of hydrogen-bond donors (Lipinski definition) is 0. The molecule has 0 bridgehead atoms. The average Bonchev–Trinajstić information content (AvgIpc) is 3.24. The summed E-state index contributed by atoms with van der Waals surface area (Å²) in [5, 5.41) is 0. The Balaban J connectivity index is 1.52. The van der Waals surface area contributed by atoms with Crippen molar-refractivity contribution in [2.75, 3.05) is 56.7 Å². The van der Waals surface area contributed by atoms with Crippen molar-refractivity contribution in [3.05, 3.63) is 42.5 Å². The van der Waals surface area contributed by atoms with Gasteiger partial charge in [0.25, 0.3) is 0 Å². The minimum atomic E-state index is -3.68. The molecular weight excluding hydrogens is 418 g/mol. The fourth-order valence-corrected chi connectivity index (χ4v) is 5.52. The molecule has 2 aromatic rings. The van der Waals surface area contributed by atoms with Crippen molar-refractivity contribution in [1.29, 1.82) is 0 Å². The summed E-state index contributed by atoms with van der Waals surface area (Å²) in [6.07, 6.45) is 1.22. The molecular formula is C22H27N3O5S. The number of amides is 1. The van der Waals surface area contributed by atoms with Crippen LogP contribution in [0.2, 0.25) is 0 Å². The molecule has 0 unspecified atom stereocenters. The van der Waals surface area contributed by atoms with Crippen LogP contribution in [0.4, 0.5) is 11.4 Å². The van der Waals surface area contributed by atoms with Gasteiger partial charge < -0.3 is 19.3 Å². The Morgan fingerprint density at radius 2 is 1.58 bits per heavy atom. The average molecular weight is 446 g/mol. The number of rotatable bonds is 6. The SMILES string of the molecule is COc1ccc(N2CCN(S(=O)(=O)c3ccc(OC)c(N4CCCC4=O)c3)CC2)cc1. The summed E-state index contributed by atoms with van der Waals surface area (Å²) in [7, 11) is -0.532. The number of carbonyl (C=O) groups is 1. The standard InChI is InChI=1S/C22H27N3O5S/c1-29-18-7-5-17(6-8-18)23-12-14-24(15-13-23)31(27,28)19-9-10-21(30-2)20(16-19)25-11-3-4-22(25)26/h5-10,16H,3-4,11-15H2,1-2H3. The number of carbonyl (C=O) groups excluding carboxylic acids is 1. The van der Waals surface area contributed by atoms with Crippen LogP contribution in [0.1, 0.15) is 12.8 Å². The lowest BCUT2D eigenvalue weighted by molar-refractivity contribution is -0.117. The molecule has 1 amide bonds. The van der Waals surface area contributed by atoms with Gasteiger partial charge in [0.05, 0.1) is 24.8 Å². The van der Waals surface area contributed by atoms with Gasteiger partial charge in [-0.05, 0) is 48.9 Å². The first-order chi connectivity index (χ1) is 14.9. The van der Waals surface area contributed by atoms with Gasteiger partial charge in [0.2, 0.25) is 15.9 Å². The second-order valence-electron chi connectivity index (χ2n) is 7.57. The molecule has 2 fully saturated rings. The van der Waals surface area contributed by atoms with Gasteiger partial charge in [-0.2, -0.15) is 4.31 Å². The van der Waals surface area contributed by atoms with Crippen molar-refractivity contribution in [3.8, 4) is 11.5 Å². The van der Waals surface area contributed by atoms with Gasteiger partial charge in [-0.25, -0.2) is 8.42 Å². The number of piperazine rings is 1. The summed E-state index contributed by atoms with van der Waals surface area (Å²) >= 11 is 0. The summed E-state index contributed by atoms with van der Waals surface area (Å²) < 4.78 is 38.7. The second-order valence-corrected chi connectivity index (χ2v) is 9.51. The molecule has 2 aliphatic rings. The second kappa shape index (κ2) is 8.76. The van der Waals surface area contributed by atoms with Crippen molar-refractivity contribution >= 4 is 27.3 Å². The zero-order valence-electron chi connectivity index (χ0n) is 17.8. The topological polar surface area (TPSA) is 79.4 Å². The van der Waals surface area contributed by atoms with Gasteiger partial charge in [-0.1, -0.05) is 0 Å². The molecule has 0 N–H and O–H groups in total. The van der Waals surface area contributed by atoms with E-state index in [9.17, 15) is 13.2 Å². The first-order valence-electron chi connectivity index (χ1n) is 10.3. The molecule has 0 aliphatic carbocycles. The van der Waals surface area contributed by atoms with Crippen molar-refractivity contribution in [2.45, 2.75) is 17.7 Å². The summed E-state index contributed by atoms with van der Waals surface area (Å²) in [5.74, 6) is 1.27. The van der Waals surface area contributed by atoms with E-state index in [1.807, 2.05) is 24.3 Å². The van der Waals surface area contributed by atoms with E-state index < -0.39 is 10.0 Å². The Morgan fingerprint density at radius 1 is 0.871 bits per heavy atom. The molecule has 0 saturated carbocycles. The molecule has 8 nitrogen and oxygen atoms in total. The third-order valence-electron chi connectivity index (χ3n) is 5.83. The van der Waals surface area contributed by atoms with E-state index in [4.69, 9.17) is 9.47 Å². The van der Waals surface area contributed by atoms with E-state index in [2.05, 4.69) is 4.90 Å². The van der Waals surface area contributed by atoms with Crippen LogP contribution in [-0.2, 0) is 14.8 Å². The van der Waals surface area contributed by atoms with Crippen LogP contribution >= 0.6 is 0 Å². The number of nitrogens with zero attached hydrogens (tertiary/aromatic N) is 3. The van der Waals surface area contributed by atoms with Gasteiger partial charge in [0.1, 0.15) is 11.5 Å². The molecule has 2 heterocycles. The molecule has 4 rings (SSSR count). The molecule has 0 spiro atoms. The van der Waals surface area contributed by atoms with E-state index in [0.717, 1.165) is 17.9 Å². The Kier molecular flexibility index (Phi) is 6.06. The number of methoxy groups -OCH3 is 2. The Bertz CT molecular complexity index is 1050. The van der Waals surface area contributed by atoms with Gasteiger partial charge in [-0.3, -0.25) is 4.79 Å². The molecule has 2 saturated heterocycles. The summed E-state index contributed by atoms with van der Waals surface area (Å²) in [4.78, 5) is 16.2. The van der Waals surface area contributed by atoms with E-state index in [-0.39, 0.29) is 10.8 Å². The normalized spacial score (nSPS) is 17.8. The highest BCUT2D eigenvalue weighted by Crippen LogP contribution is 2.34. The fourth-order valence-electron chi connectivity index (χ4n) is 4.07. The van der Waals surface area contributed by atoms with Crippen LogP contribution in [-0.4, -0.2) is 65.6 Å². The number of anilines is 2. The zero-order chi connectivity index (χ0) is 22.0. The lowest BCUT2D eigenvalue weighted by atomic mass is 10.2. The largest absolute Gasteiger partial charge is 0.497 e. The number of sulfonamides is 1. The zero-order valence-corrected chi connectivity index (χ0v) is 18.6. The van der Waals surface area contributed by atoms with Crippen molar-refractivity contribution in [1.82, 2.24) is 4.31 Å². The predicted octanol–water partition coefficient (Wildman–Crippen LogP) is 2.34. The van der Waals surface area contributed by atoms with Gasteiger partial charge in [-0.15, -0.1) is 0 Å². The minimum Gasteiger partial charge on any atom is -0.497 e. The molecule has 0 aromatic heterocycles. The predicted molar refractivity (Wildman–Crippen MR) is 119 cm³/mol. The van der Waals surface area contributed by atoms with Crippen LogP contribution < -0.4 is 19.3 Å². The van der Waals surface area contributed by atoms with Crippen LogP contribution in [0.25, 0.3) is 0 Å². The Labute approximate surface area is 183 Å². The number of benzene rings is 2. The molecule has 166 valence electrons. The Hall–Kier alpha value is -2.78. The number of ether oxygens (including phenoxy) is 2. The smallest absolute Gasteiger partial charge is 0.243 e. The minimum absolute atomic E-state index is 0.0130. The summed E-state index contributed by atoms with van der Waals surface area (Å²) in [6, 6.07) is 12.5. The maximum absolute atomic E-state index is 13.3. The van der Waals surface area contributed by atoms with Gasteiger partial charge >= 0.3 is 0 Å². The summed E-state index contributed by atoms with van der Waals surface area (Å²) in [5.41, 5.74) is 1.56. The maximum Gasteiger partial charge on any atom is 0.243 e. The molecule has 0 atom stereocenters. The highest BCUT2D eigenvalue weighted by Gasteiger charge is 2.31. The van der Waals surface area contributed by atoms with Crippen molar-refractivity contribution in [3.63, 3.8) is 0 Å². The highest BCUT2D eigenvalue weighted by molar-refractivity contribution is 7.89. The van der Waals surface area contributed by atoms with Crippen LogP contribution in [0.3, 0.4) is 0 Å². The number of hydrogen-bond acceptors (Lipinski definition) is 6. The first kappa shape index (κ1) is 21.5. The highest BCUT2D eigenvalue weighted by atomic mass is 32.2. The van der Waals surface area contributed by atoms with Gasteiger partial charge in [0, 0.05) is 44.8 Å². The fraction of sp³-hybridized carbons (Fsp3) is 0.409.